The van der Waals surface area contributed by atoms with Crippen molar-refractivity contribution in [2.24, 2.45) is 0 Å². The van der Waals surface area contributed by atoms with Crippen molar-refractivity contribution in [2.75, 3.05) is 0 Å². The molecule has 2 aromatic carbocycles. The molecule has 0 amide bonds. The number of phenols is 2. The van der Waals surface area contributed by atoms with Crippen molar-refractivity contribution in [1.82, 2.24) is 0 Å². The molecule has 0 spiro atoms. The van der Waals surface area contributed by atoms with Crippen molar-refractivity contribution in [1.29, 1.82) is 0 Å². The molecule has 0 aliphatic heterocycles. The van der Waals surface area contributed by atoms with Crippen LogP contribution in [0, 0.1) is 13.8 Å². The van der Waals surface area contributed by atoms with Crippen molar-refractivity contribution in [3.8, 4) is 11.5 Å². The zero-order valence-electron chi connectivity index (χ0n) is 19.8. The minimum absolute atomic E-state index is 0.101. The number of phenolic OH excluding ortho intramolecular Hbond substituents is 2. The number of aryl methyl sites for hydroxylation is 2. The van der Waals surface area contributed by atoms with E-state index in [1.54, 1.807) is 11.8 Å². The second kappa shape index (κ2) is 8.26. The van der Waals surface area contributed by atoms with E-state index in [0.717, 1.165) is 33.4 Å². The van der Waals surface area contributed by atoms with E-state index in [2.05, 4.69) is 93.5 Å². The Kier molecular flexibility index (Phi) is 6.74. The summed E-state index contributed by atoms with van der Waals surface area (Å²) in [6, 6.07) is 8.35. The Morgan fingerprint density at radius 3 is 1.24 bits per heavy atom. The minimum Gasteiger partial charge on any atom is -0.507 e. The highest BCUT2D eigenvalue weighted by atomic mass is 32.2. The van der Waals surface area contributed by atoms with Gasteiger partial charge in [0.2, 0.25) is 0 Å². The van der Waals surface area contributed by atoms with E-state index in [9.17, 15) is 10.2 Å². The van der Waals surface area contributed by atoms with Gasteiger partial charge in [0.25, 0.3) is 0 Å². The van der Waals surface area contributed by atoms with Gasteiger partial charge in [-0.25, -0.2) is 0 Å². The first-order valence-electron chi connectivity index (χ1n) is 10.5. The van der Waals surface area contributed by atoms with Crippen LogP contribution in [-0.4, -0.2) is 10.2 Å². The maximum Gasteiger partial charge on any atom is 0.123 e. The fourth-order valence-electron chi connectivity index (χ4n) is 3.83. The molecule has 29 heavy (non-hydrogen) atoms. The summed E-state index contributed by atoms with van der Waals surface area (Å²) in [5.41, 5.74) is 6.01. The first-order chi connectivity index (χ1) is 13.1. The van der Waals surface area contributed by atoms with Gasteiger partial charge in [0, 0.05) is 21.6 Å². The monoisotopic (exact) mass is 414 g/mol. The third kappa shape index (κ3) is 5.31. The minimum atomic E-state index is -0.114. The van der Waals surface area contributed by atoms with Crippen LogP contribution in [0.15, 0.2) is 24.3 Å². The van der Waals surface area contributed by atoms with Crippen LogP contribution in [-0.2, 0) is 10.8 Å². The average Bonchev–Trinajstić information content (AvgIpc) is 2.56. The number of thioether (sulfide) groups is 1. The Hall–Kier alpha value is -1.61. The zero-order valence-corrected chi connectivity index (χ0v) is 20.6. The highest BCUT2D eigenvalue weighted by Crippen LogP contribution is 2.48. The zero-order chi connectivity index (χ0) is 22.3. The molecule has 0 heterocycles. The highest BCUT2D eigenvalue weighted by molar-refractivity contribution is 7.99. The summed E-state index contributed by atoms with van der Waals surface area (Å²) in [6.45, 7) is 21.2. The van der Waals surface area contributed by atoms with Gasteiger partial charge in [-0.2, -0.15) is 0 Å². The largest absolute Gasteiger partial charge is 0.507 e. The molecule has 0 radical (unpaired) electrons. The fraction of sp³-hybridized carbons (Fsp3) is 0.538. The molecule has 0 aliphatic carbocycles. The predicted octanol–water partition coefficient (Wildman–Crippen LogP) is 7.87. The van der Waals surface area contributed by atoms with Crippen LogP contribution in [0.4, 0.5) is 0 Å². The van der Waals surface area contributed by atoms with E-state index < -0.39 is 0 Å². The van der Waals surface area contributed by atoms with Crippen LogP contribution in [0.25, 0.3) is 0 Å². The third-order valence-corrected chi connectivity index (χ3v) is 6.79. The molecule has 0 saturated carbocycles. The molecular formula is C26H38O2S. The predicted molar refractivity (Wildman–Crippen MR) is 128 cm³/mol. The summed E-state index contributed by atoms with van der Waals surface area (Å²) in [6.07, 6.45) is 0. The van der Waals surface area contributed by atoms with Crippen LogP contribution in [0.2, 0.25) is 0 Å². The topological polar surface area (TPSA) is 40.5 Å². The fourth-order valence-corrected chi connectivity index (χ4v) is 5.09. The standard InChI is InChI=1S/C26H38O2S/c1-15-11-19(23(27)21(13-15)25(5,6)7)17(3)29-18(4)20-12-16(2)14-22(24(20)28)26(8,9)10/h11-14,17-18,27-28H,1-10H3. The van der Waals surface area contributed by atoms with Gasteiger partial charge in [0.15, 0.2) is 0 Å². The Bertz CT molecular complexity index is 812. The lowest BCUT2D eigenvalue weighted by atomic mass is 9.84. The van der Waals surface area contributed by atoms with E-state index in [0.29, 0.717) is 11.5 Å². The van der Waals surface area contributed by atoms with Gasteiger partial charge < -0.3 is 10.2 Å². The molecule has 2 atom stereocenters. The number of benzene rings is 2. The first-order valence-corrected chi connectivity index (χ1v) is 11.4. The second-order valence-electron chi connectivity index (χ2n) is 10.4. The third-order valence-electron chi connectivity index (χ3n) is 5.47. The van der Waals surface area contributed by atoms with Gasteiger partial charge in [-0.05, 0) is 49.7 Å². The second-order valence-corrected chi connectivity index (χ2v) is 12.1. The van der Waals surface area contributed by atoms with E-state index in [4.69, 9.17) is 0 Å². The van der Waals surface area contributed by atoms with Crippen molar-refractivity contribution < 1.29 is 10.2 Å². The van der Waals surface area contributed by atoms with Gasteiger partial charge in [0.1, 0.15) is 11.5 Å². The van der Waals surface area contributed by atoms with Gasteiger partial charge in [0.05, 0.1) is 0 Å². The molecule has 2 rings (SSSR count). The average molecular weight is 415 g/mol. The number of rotatable bonds is 4. The summed E-state index contributed by atoms with van der Waals surface area (Å²) in [7, 11) is 0. The van der Waals surface area contributed by atoms with Crippen molar-refractivity contribution in [3.63, 3.8) is 0 Å². The molecule has 0 bridgehead atoms. The summed E-state index contributed by atoms with van der Waals surface area (Å²) in [5, 5.41) is 22.2. The molecule has 160 valence electrons. The molecule has 0 saturated heterocycles. The number of aromatic hydroxyl groups is 2. The van der Waals surface area contributed by atoms with Crippen LogP contribution in [0.5, 0.6) is 11.5 Å². The molecule has 2 N–H and O–H groups in total. The van der Waals surface area contributed by atoms with Crippen molar-refractivity contribution >= 4 is 11.8 Å². The molecule has 0 fully saturated rings. The van der Waals surface area contributed by atoms with Crippen LogP contribution >= 0.6 is 11.8 Å². The lowest BCUT2D eigenvalue weighted by molar-refractivity contribution is 0.440. The Balaban J connectivity index is 2.42. The Morgan fingerprint density at radius 1 is 0.655 bits per heavy atom. The summed E-state index contributed by atoms with van der Waals surface area (Å²) in [4.78, 5) is 0. The van der Waals surface area contributed by atoms with Crippen LogP contribution in [0.3, 0.4) is 0 Å². The highest BCUT2D eigenvalue weighted by Gasteiger charge is 2.26. The lowest BCUT2D eigenvalue weighted by Gasteiger charge is -2.27. The van der Waals surface area contributed by atoms with Gasteiger partial charge in [-0.1, -0.05) is 76.9 Å². The van der Waals surface area contributed by atoms with Crippen LogP contribution in [0.1, 0.15) is 99.3 Å². The van der Waals surface area contributed by atoms with E-state index in [1.807, 2.05) is 0 Å². The Morgan fingerprint density at radius 2 is 0.966 bits per heavy atom. The summed E-state index contributed by atoms with van der Waals surface area (Å²) >= 11 is 1.77. The number of hydrogen-bond acceptors (Lipinski definition) is 3. The quantitative estimate of drug-likeness (QED) is 0.535. The van der Waals surface area contributed by atoms with Crippen LogP contribution < -0.4 is 0 Å². The van der Waals surface area contributed by atoms with E-state index >= 15 is 0 Å². The molecule has 2 aromatic rings. The maximum atomic E-state index is 11.0. The lowest BCUT2D eigenvalue weighted by Crippen LogP contribution is -2.13. The molecule has 2 unspecified atom stereocenters. The van der Waals surface area contributed by atoms with Crippen molar-refractivity contribution in [2.45, 2.75) is 90.6 Å². The van der Waals surface area contributed by atoms with Gasteiger partial charge in [-0.15, -0.1) is 11.8 Å². The molecule has 2 nitrogen and oxygen atoms in total. The molecule has 3 heteroatoms. The summed E-state index contributed by atoms with van der Waals surface area (Å²) in [5.74, 6) is 0.804. The van der Waals surface area contributed by atoms with Crippen molar-refractivity contribution in [3.05, 3.63) is 57.6 Å². The SMILES string of the molecule is Cc1cc(C(C)SC(C)c2cc(C)cc(C(C)(C)C)c2O)c(O)c(C(C)(C)C)c1. The van der Waals surface area contributed by atoms with Gasteiger partial charge >= 0.3 is 0 Å². The smallest absolute Gasteiger partial charge is 0.123 e. The van der Waals surface area contributed by atoms with E-state index in [1.165, 1.54) is 0 Å². The maximum absolute atomic E-state index is 11.0. The Labute approximate surface area is 181 Å². The molecule has 0 aliphatic rings. The molecular weight excluding hydrogens is 376 g/mol. The summed E-state index contributed by atoms with van der Waals surface area (Å²) < 4.78 is 0. The number of hydrogen-bond donors (Lipinski definition) is 2. The normalized spacial score (nSPS) is 14.7. The first kappa shape index (κ1) is 23.7. The van der Waals surface area contributed by atoms with Gasteiger partial charge in [-0.3, -0.25) is 0 Å². The van der Waals surface area contributed by atoms with E-state index in [-0.39, 0.29) is 21.3 Å². The molecule has 0 aromatic heterocycles.